The topological polar surface area (TPSA) is 77.6 Å². The molecule has 0 unspecified atom stereocenters. The number of carbonyl (C=O) groups is 1. The van der Waals surface area contributed by atoms with Crippen molar-refractivity contribution in [3.8, 4) is 5.69 Å². The summed E-state index contributed by atoms with van der Waals surface area (Å²) in [4.78, 5) is 16.9. The minimum atomic E-state index is -0.217. The molecule has 1 amide bonds. The molecule has 2 aromatic heterocycles. The van der Waals surface area contributed by atoms with Gasteiger partial charge in [0.25, 0.3) is 5.91 Å². The van der Waals surface area contributed by atoms with E-state index in [1.54, 1.807) is 10.9 Å². The van der Waals surface area contributed by atoms with Crippen LogP contribution in [-0.2, 0) is 6.54 Å². The van der Waals surface area contributed by atoms with E-state index in [9.17, 15) is 4.79 Å². The second-order valence-corrected chi connectivity index (χ2v) is 6.79. The minimum absolute atomic E-state index is 0.217. The van der Waals surface area contributed by atoms with Crippen LogP contribution in [-0.4, -0.2) is 37.0 Å². The molecule has 28 heavy (non-hydrogen) atoms. The van der Waals surface area contributed by atoms with Gasteiger partial charge in [0.1, 0.15) is 5.82 Å². The van der Waals surface area contributed by atoms with Gasteiger partial charge in [0.05, 0.1) is 22.9 Å². The normalized spacial score (nSPS) is 11.1. The Hall–Kier alpha value is -3.48. The molecule has 0 fully saturated rings. The maximum atomic E-state index is 12.3. The highest BCUT2D eigenvalue weighted by Crippen LogP contribution is 2.15. The van der Waals surface area contributed by atoms with Gasteiger partial charge in [0.2, 0.25) is 0 Å². The van der Waals surface area contributed by atoms with E-state index in [-0.39, 0.29) is 5.91 Å². The Morgan fingerprint density at radius 2 is 1.86 bits per heavy atom. The first kappa shape index (κ1) is 17.9. The third-order valence-corrected chi connectivity index (χ3v) is 4.71. The lowest BCUT2D eigenvalue weighted by atomic mass is 10.2. The smallest absolute Gasteiger partial charge is 0.273 e. The Morgan fingerprint density at radius 1 is 1.07 bits per heavy atom. The lowest BCUT2D eigenvalue weighted by Crippen LogP contribution is -2.25. The summed E-state index contributed by atoms with van der Waals surface area (Å²) < 4.78 is 3.78. The molecule has 0 aliphatic rings. The van der Waals surface area contributed by atoms with Gasteiger partial charge in [-0.3, -0.25) is 4.79 Å². The molecular formula is C21H22N6O. The fourth-order valence-corrected chi connectivity index (χ4v) is 3.20. The van der Waals surface area contributed by atoms with E-state index in [1.807, 2.05) is 56.3 Å². The first-order valence-corrected chi connectivity index (χ1v) is 9.31. The van der Waals surface area contributed by atoms with Gasteiger partial charge < -0.3 is 9.88 Å². The van der Waals surface area contributed by atoms with Gasteiger partial charge in [0, 0.05) is 13.1 Å². The van der Waals surface area contributed by atoms with E-state index in [0.29, 0.717) is 12.2 Å². The molecule has 0 bridgehead atoms. The Kier molecular flexibility index (Phi) is 4.89. The fourth-order valence-electron chi connectivity index (χ4n) is 3.20. The summed E-state index contributed by atoms with van der Waals surface area (Å²) in [5.41, 5.74) is 4.47. The average Bonchev–Trinajstić information content (AvgIpc) is 3.30. The predicted molar refractivity (Wildman–Crippen MR) is 108 cm³/mol. The first-order chi connectivity index (χ1) is 13.6. The highest BCUT2D eigenvalue weighted by molar-refractivity contribution is 5.91. The minimum Gasteiger partial charge on any atom is -0.351 e. The summed E-state index contributed by atoms with van der Waals surface area (Å²) in [5, 5.41) is 10.9. The van der Waals surface area contributed by atoms with Crippen LogP contribution in [0.1, 0.15) is 28.3 Å². The van der Waals surface area contributed by atoms with Crippen LogP contribution in [0.15, 0.2) is 54.7 Å². The number of para-hydroxylation sites is 2. The number of hydrogen-bond donors (Lipinski definition) is 1. The average molecular weight is 374 g/mol. The summed E-state index contributed by atoms with van der Waals surface area (Å²) in [6.07, 6.45) is 2.45. The van der Waals surface area contributed by atoms with Crippen LogP contribution < -0.4 is 5.32 Å². The van der Waals surface area contributed by atoms with Crippen molar-refractivity contribution in [3.63, 3.8) is 0 Å². The molecular weight excluding hydrogens is 352 g/mol. The number of aryl methyl sites for hydroxylation is 3. The van der Waals surface area contributed by atoms with Crippen LogP contribution >= 0.6 is 0 Å². The second-order valence-electron chi connectivity index (χ2n) is 6.79. The van der Waals surface area contributed by atoms with E-state index in [4.69, 9.17) is 0 Å². The van der Waals surface area contributed by atoms with Crippen molar-refractivity contribution in [2.24, 2.45) is 0 Å². The molecule has 0 saturated heterocycles. The molecule has 1 N–H and O–H groups in total. The summed E-state index contributed by atoms with van der Waals surface area (Å²) in [6, 6.07) is 16.0. The number of carbonyl (C=O) groups excluding carboxylic acids is 1. The second kappa shape index (κ2) is 7.64. The molecule has 7 heteroatoms. The first-order valence-electron chi connectivity index (χ1n) is 9.31. The van der Waals surface area contributed by atoms with Crippen LogP contribution in [0.2, 0.25) is 0 Å². The Balaban J connectivity index is 1.33. The number of aromatic nitrogens is 5. The third kappa shape index (κ3) is 3.64. The lowest BCUT2D eigenvalue weighted by molar-refractivity contribution is 0.0947. The van der Waals surface area contributed by atoms with E-state index in [0.717, 1.165) is 35.5 Å². The van der Waals surface area contributed by atoms with Crippen LogP contribution in [0.4, 0.5) is 0 Å². The molecule has 0 atom stereocenters. The van der Waals surface area contributed by atoms with Crippen molar-refractivity contribution in [3.05, 3.63) is 71.8 Å². The molecule has 0 spiro atoms. The van der Waals surface area contributed by atoms with Gasteiger partial charge >= 0.3 is 0 Å². The van der Waals surface area contributed by atoms with Crippen molar-refractivity contribution in [1.29, 1.82) is 0 Å². The number of benzene rings is 2. The van der Waals surface area contributed by atoms with E-state index in [1.165, 1.54) is 5.56 Å². The molecule has 0 aliphatic heterocycles. The largest absolute Gasteiger partial charge is 0.351 e. The number of hydrogen-bond acceptors (Lipinski definition) is 4. The van der Waals surface area contributed by atoms with E-state index in [2.05, 4.69) is 31.2 Å². The zero-order valence-corrected chi connectivity index (χ0v) is 16.0. The van der Waals surface area contributed by atoms with Crippen molar-refractivity contribution in [2.45, 2.75) is 26.8 Å². The van der Waals surface area contributed by atoms with Gasteiger partial charge in [-0.25, -0.2) is 9.67 Å². The molecule has 2 aromatic carbocycles. The van der Waals surface area contributed by atoms with Gasteiger partial charge in [-0.05, 0) is 44.5 Å². The van der Waals surface area contributed by atoms with Gasteiger partial charge in [-0.1, -0.05) is 35.0 Å². The van der Waals surface area contributed by atoms with Gasteiger partial charge in [-0.15, -0.1) is 5.10 Å². The van der Waals surface area contributed by atoms with Gasteiger partial charge in [-0.2, -0.15) is 0 Å². The van der Waals surface area contributed by atoms with Crippen molar-refractivity contribution < 1.29 is 4.79 Å². The van der Waals surface area contributed by atoms with Crippen LogP contribution in [0.3, 0.4) is 0 Å². The van der Waals surface area contributed by atoms with Crippen LogP contribution in [0, 0.1) is 13.8 Å². The zero-order valence-electron chi connectivity index (χ0n) is 16.0. The van der Waals surface area contributed by atoms with Crippen LogP contribution in [0.25, 0.3) is 16.7 Å². The van der Waals surface area contributed by atoms with Crippen molar-refractivity contribution in [2.75, 3.05) is 6.54 Å². The van der Waals surface area contributed by atoms with E-state index >= 15 is 0 Å². The molecule has 0 aliphatic carbocycles. The third-order valence-electron chi connectivity index (χ3n) is 4.71. The number of imidazole rings is 1. The Bertz CT molecular complexity index is 1110. The molecule has 4 rings (SSSR count). The molecule has 7 nitrogen and oxygen atoms in total. The highest BCUT2D eigenvalue weighted by Gasteiger charge is 2.11. The zero-order chi connectivity index (χ0) is 19.5. The summed E-state index contributed by atoms with van der Waals surface area (Å²) in [6.45, 7) is 5.38. The summed E-state index contributed by atoms with van der Waals surface area (Å²) in [7, 11) is 0. The maximum Gasteiger partial charge on any atom is 0.273 e. The summed E-state index contributed by atoms with van der Waals surface area (Å²) >= 11 is 0. The SMILES string of the molecule is Cc1ccc(-n2cc(C(=O)NCCCn3c(C)nc4ccccc43)nn2)cc1. The standard InChI is InChI=1S/C21H22N6O/c1-15-8-10-17(11-9-15)27-14-19(24-25-27)21(28)22-12-5-13-26-16(2)23-18-6-3-4-7-20(18)26/h3-4,6-11,14H,5,12-13H2,1-2H3,(H,22,28). The van der Waals surface area contributed by atoms with Gasteiger partial charge in [0.15, 0.2) is 5.69 Å². The Morgan fingerprint density at radius 3 is 2.68 bits per heavy atom. The maximum absolute atomic E-state index is 12.3. The van der Waals surface area contributed by atoms with Crippen LogP contribution in [0.5, 0.6) is 0 Å². The lowest BCUT2D eigenvalue weighted by Gasteiger charge is -2.07. The molecule has 142 valence electrons. The number of nitrogens with one attached hydrogen (secondary N) is 1. The highest BCUT2D eigenvalue weighted by atomic mass is 16.2. The number of rotatable bonds is 6. The fraction of sp³-hybridized carbons (Fsp3) is 0.238. The summed E-state index contributed by atoms with van der Waals surface area (Å²) in [5.74, 6) is 0.763. The molecule has 2 heterocycles. The number of fused-ring (bicyclic) bond motifs is 1. The predicted octanol–water partition coefficient (Wildman–Crippen LogP) is 3.05. The quantitative estimate of drug-likeness (QED) is 0.526. The Labute approximate surface area is 163 Å². The number of nitrogens with zero attached hydrogens (tertiary/aromatic N) is 5. The molecule has 0 saturated carbocycles. The monoisotopic (exact) mass is 374 g/mol. The van der Waals surface area contributed by atoms with E-state index < -0.39 is 0 Å². The van der Waals surface area contributed by atoms with Crippen molar-refractivity contribution in [1.82, 2.24) is 29.9 Å². The van der Waals surface area contributed by atoms with Crippen molar-refractivity contribution >= 4 is 16.9 Å². The molecule has 4 aromatic rings. The number of amides is 1. The molecule has 0 radical (unpaired) electrons.